The standard InChI is InChI=1S/C13H24N2O2/c1-5-16-7-6-15(4)10-13-8-12(9-14-3)11(2)17-13/h8,14H,5-7,9-10H2,1-4H3. The van der Waals surface area contributed by atoms with Gasteiger partial charge in [0.15, 0.2) is 0 Å². The maximum atomic E-state index is 5.72. The quantitative estimate of drug-likeness (QED) is 0.703. The summed E-state index contributed by atoms with van der Waals surface area (Å²) < 4.78 is 11.0. The van der Waals surface area contributed by atoms with Crippen LogP contribution < -0.4 is 5.32 Å². The average molecular weight is 240 g/mol. The predicted molar refractivity (Wildman–Crippen MR) is 69.0 cm³/mol. The molecule has 1 aromatic heterocycles. The summed E-state index contributed by atoms with van der Waals surface area (Å²) >= 11 is 0. The fraction of sp³-hybridized carbons (Fsp3) is 0.692. The van der Waals surface area contributed by atoms with E-state index in [9.17, 15) is 0 Å². The van der Waals surface area contributed by atoms with E-state index in [-0.39, 0.29) is 0 Å². The highest BCUT2D eigenvalue weighted by Gasteiger charge is 2.08. The van der Waals surface area contributed by atoms with Gasteiger partial charge in [0, 0.05) is 25.3 Å². The molecule has 0 saturated carbocycles. The molecule has 0 aromatic carbocycles. The van der Waals surface area contributed by atoms with Crippen molar-refractivity contribution in [1.29, 1.82) is 0 Å². The zero-order valence-electron chi connectivity index (χ0n) is 11.4. The highest BCUT2D eigenvalue weighted by atomic mass is 16.5. The minimum absolute atomic E-state index is 0.774. The Morgan fingerprint density at radius 2 is 2.24 bits per heavy atom. The van der Waals surface area contributed by atoms with Crippen LogP contribution in [0.4, 0.5) is 0 Å². The van der Waals surface area contributed by atoms with Gasteiger partial charge in [-0.1, -0.05) is 0 Å². The van der Waals surface area contributed by atoms with Gasteiger partial charge in [0.1, 0.15) is 11.5 Å². The number of ether oxygens (including phenoxy) is 1. The monoisotopic (exact) mass is 240 g/mol. The molecule has 4 nitrogen and oxygen atoms in total. The molecule has 17 heavy (non-hydrogen) atoms. The topological polar surface area (TPSA) is 37.6 Å². The first-order valence-electron chi connectivity index (χ1n) is 6.16. The largest absolute Gasteiger partial charge is 0.465 e. The highest BCUT2D eigenvalue weighted by Crippen LogP contribution is 2.15. The van der Waals surface area contributed by atoms with Gasteiger partial charge >= 0.3 is 0 Å². The number of hydrogen-bond donors (Lipinski definition) is 1. The Labute approximate surface area is 104 Å². The Morgan fingerprint density at radius 3 is 2.88 bits per heavy atom. The number of likely N-dealkylation sites (N-methyl/N-ethyl adjacent to an activating group) is 1. The van der Waals surface area contributed by atoms with E-state index in [1.165, 1.54) is 5.56 Å². The van der Waals surface area contributed by atoms with E-state index in [0.29, 0.717) is 0 Å². The van der Waals surface area contributed by atoms with Crippen LogP contribution in [0.1, 0.15) is 24.0 Å². The Bertz CT molecular complexity index is 323. The van der Waals surface area contributed by atoms with Crippen molar-refractivity contribution in [3.8, 4) is 0 Å². The normalized spacial score (nSPS) is 11.4. The molecule has 98 valence electrons. The summed E-state index contributed by atoms with van der Waals surface area (Å²) in [6.45, 7) is 8.19. The van der Waals surface area contributed by atoms with Crippen LogP contribution in [0, 0.1) is 6.92 Å². The molecule has 0 saturated heterocycles. The summed E-state index contributed by atoms with van der Waals surface area (Å²) in [6, 6.07) is 2.13. The van der Waals surface area contributed by atoms with Crippen LogP contribution >= 0.6 is 0 Å². The van der Waals surface area contributed by atoms with Crippen molar-refractivity contribution in [2.75, 3.05) is 33.9 Å². The molecule has 0 fully saturated rings. The maximum Gasteiger partial charge on any atom is 0.118 e. The molecule has 0 unspecified atom stereocenters. The van der Waals surface area contributed by atoms with E-state index in [2.05, 4.69) is 23.3 Å². The van der Waals surface area contributed by atoms with Crippen LogP contribution in [0.2, 0.25) is 0 Å². The van der Waals surface area contributed by atoms with Gasteiger partial charge in [0.2, 0.25) is 0 Å². The van der Waals surface area contributed by atoms with Crippen molar-refractivity contribution in [3.05, 3.63) is 23.2 Å². The number of aryl methyl sites for hydroxylation is 1. The molecular weight excluding hydrogens is 216 g/mol. The van der Waals surface area contributed by atoms with Crippen LogP contribution in [0.5, 0.6) is 0 Å². The Morgan fingerprint density at radius 1 is 1.47 bits per heavy atom. The zero-order chi connectivity index (χ0) is 12.7. The van der Waals surface area contributed by atoms with Crippen molar-refractivity contribution in [2.45, 2.75) is 26.9 Å². The molecule has 0 radical (unpaired) electrons. The first kappa shape index (κ1) is 14.2. The van der Waals surface area contributed by atoms with Gasteiger partial charge in [-0.25, -0.2) is 0 Å². The van der Waals surface area contributed by atoms with Gasteiger partial charge in [0.05, 0.1) is 13.2 Å². The van der Waals surface area contributed by atoms with E-state index in [1.54, 1.807) is 0 Å². The maximum absolute atomic E-state index is 5.72. The second kappa shape index (κ2) is 7.48. The van der Waals surface area contributed by atoms with Gasteiger partial charge < -0.3 is 14.5 Å². The zero-order valence-corrected chi connectivity index (χ0v) is 11.4. The smallest absolute Gasteiger partial charge is 0.118 e. The number of hydrogen-bond acceptors (Lipinski definition) is 4. The van der Waals surface area contributed by atoms with E-state index >= 15 is 0 Å². The summed E-state index contributed by atoms with van der Waals surface area (Å²) in [5.74, 6) is 2.03. The van der Waals surface area contributed by atoms with E-state index in [4.69, 9.17) is 9.15 Å². The molecule has 0 aliphatic heterocycles. The molecule has 1 rings (SSSR count). The van der Waals surface area contributed by atoms with E-state index < -0.39 is 0 Å². The summed E-state index contributed by atoms with van der Waals surface area (Å²) in [7, 11) is 4.02. The molecule has 0 amide bonds. The number of rotatable bonds is 8. The molecule has 0 aliphatic rings. The molecule has 1 N–H and O–H groups in total. The van der Waals surface area contributed by atoms with Gasteiger partial charge in [0.25, 0.3) is 0 Å². The van der Waals surface area contributed by atoms with Crippen LogP contribution in [-0.2, 0) is 17.8 Å². The molecule has 1 heterocycles. The molecule has 0 atom stereocenters. The van der Waals surface area contributed by atoms with Crippen molar-refractivity contribution >= 4 is 0 Å². The van der Waals surface area contributed by atoms with Gasteiger partial charge in [-0.15, -0.1) is 0 Å². The lowest BCUT2D eigenvalue weighted by Gasteiger charge is -2.14. The van der Waals surface area contributed by atoms with Crippen molar-refractivity contribution in [1.82, 2.24) is 10.2 Å². The first-order chi connectivity index (χ1) is 8.17. The van der Waals surface area contributed by atoms with E-state index in [0.717, 1.165) is 44.4 Å². The molecule has 4 heteroatoms. The average Bonchev–Trinajstić information content (AvgIpc) is 2.60. The first-order valence-corrected chi connectivity index (χ1v) is 6.16. The molecule has 0 aliphatic carbocycles. The lowest BCUT2D eigenvalue weighted by Crippen LogP contribution is -2.22. The molecule has 0 bridgehead atoms. The minimum Gasteiger partial charge on any atom is -0.465 e. The van der Waals surface area contributed by atoms with Gasteiger partial charge in [-0.05, 0) is 34.0 Å². The van der Waals surface area contributed by atoms with Crippen LogP contribution in [0.15, 0.2) is 10.5 Å². The van der Waals surface area contributed by atoms with Gasteiger partial charge in [-0.3, -0.25) is 4.90 Å². The summed E-state index contributed by atoms with van der Waals surface area (Å²) in [5.41, 5.74) is 1.24. The third-order valence-electron chi connectivity index (χ3n) is 2.69. The minimum atomic E-state index is 0.774. The number of furan rings is 1. The summed E-state index contributed by atoms with van der Waals surface area (Å²) in [6.07, 6.45) is 0. The highest BCUT2D eigenvalue weighted by molar-refractivity contribution is 5.20. The second-order valence-corrected chi connectivity index (χ2v) is 4.26. The van der Waals surface area contributed by atoms with Crippen LogP contribution in [0.25, 0.3) is 0 Å². The fourth-order valence-electron chi connectivity index (χ4n) is 1.74. The van der Waals surface area contributed by atoms with Crippen LogP contribution in [-0.4, -0.2) is 38.8 Å². The number of nitrogens with zero attached hydrogens (tertiary/aromatic N) is 1. The fourth-order valence-corrected chi connectivity index (χ4v) is 1.74. The Balaban J connectivity index is 2.42. The van der Waals surface area contributed by atoms with E-state index in [1.807, 2.05) is 20.9 Å². The Hall–Kier alpha value is -0.840. The molecule has 0 spiro atoms. The number of nitrogens with one attached hydrogen (secondary N) is 1. The summed E-state index contributed by atoms with van der Waals surface area (Å²) in [5, 5.41) is 3.14. The van der Waals surface area contributed by atoms with Gasteiger partial charge in [-0.2, -0.15) is 0 Å². The predicted octanol–water partition coefficient (Wildman–Crippen LogP) is 1.78. The second-order valence-electron chi connectivity index (χ2n) is 4.26. The lowest BCUT2D eigenvalue weighted by atomic mass is 10.2. The van der Waals surface area contributed by atoms with Crippen LogP contribution in [0.3, 0.4) is 0 Å². The van der Waals surface area contributed by atoms with Crippen molar-refractivity contribution in [2.24, 2.45) is 0 Å². The lowest BCUT2D eigenvalue weighted by molar-refractivity contribution is 0.118. The SMILES string of the molecule is CCOCCN(C)Cc1cc(CNC)c(C)o1. The summed E-state index contributed by atoms with van der Waals surface area (Å²) in [4.78, 5) is 2.21. The third kappa shape index (κ3) is 4.89. The molecular formula is C13H24N2O2. The Kier molecular flexibility index (Phi) is 6.26. The molecule has 1 aromatic rings. The third-order valence-corrected chi connectivity index (χ3v) is 2.69. The van der Waals surface area contributed by atoms with Crippen molar-refractivity contribution in [3.63, 3.8) is 0 Å². The van der Waals surface area contributed by atoms with Crippen molar-refractivity contribution < 1.29 is 9.15 Å².